The topological polar surface area (TPSA) is 96.0 Å². The molecule has 1 unspecified atom stereocenters. The quantitative estimate of drug-likeness (QED) is 0.150. The third kappa shape index (κ3) is 10.1. The van der Waals surface area contributed by atoms with Crippen LogP contribution in [0.15, 0.2) is 109 Å². The lowest BCUT2D eigenvalue weighted by Crippen LogP contribution is -2.53. The Bertz CT molecular complexity index is 1630. The molecule has 0 aliphatic rings. The Morgan fingerprint density at radius 1 is 0.822 bits per heavy atom. The Morgan fingerprint density at radius 3 is 2.02 bits per heavy atom. The van der Waals surface area contributed by atoms with Crippen molar-refractivity contribution < 1.29 is 22.7 Å². The summed E-state index contributed by atoms with van der Waals surface area (Å²) in [6, 6.07) is 31.3. The second kappa shape index (κ2) is 16.1. The van der Waals surface area contributed by atoms with E-state index in [1.165, 1.54) is 4.90 Å². The van der Waals surface area contributed by atoms with Gasteiger partial charge in [0.15, 0.2) is 0 Å². The molecule has 4 rings (SSSR count). The number of nitrogens with zero attached hydrogens (tertiary/aromatic N) is 2. The number of nitrogens with one attached hydrogen (secondary N) is 1. The SMILES string of the molecule is CCCCNC(=O)C(Cc1ccccc1)N(Cc1ccc(Cl)cc1)C(=O)CN(c1ccc(Oc2ccccc2)cc1)S(C)(=O)=O. The summed E-state index contributed by atoms with van der Waals surface area (Å²) in [5.74, 6) is 0.329. The molecule has 0 radical (unpaired) electrons. The Hall–Kier alpha value is -4.34. The highest BCUT2D eigenvalue weighted by molar-refractivity contribution is 7.92. The molecule has 0 aliphatic carbocycles. The number of hydrogen-bond donors (Lipinski definition) is 1. The van der Waals surface area contributed by atoms with Gasteiger partial charge in [0.25, 0.3) is 0 Å². The minimum atomic E-state index is -3.89. The van der Waals surface area contributed by atoms with Gasteiger partial charge >= 0.3 is 0 Å². The van der Waals surface area contributed by atoms with Gasteiger partial charge in [-0.2, -0.15) is 0 Å². The molecule has 4 aromatic carbocycles. The number of ether oxygens (including phenoxy) is 1. The largest absolute Gasteiger partial charge is 0.457 e. The van der Waals surface area contributed by atoms with Gasteiger partial charge in [0.1, 0.15) is 24.1 Å². The van der Waals surface area contributed by atoms with Crippen molar-refractivity contribution in [2.24, 2.45) is 0 Å². The highest BCUT2D eigenvalue weighted by Gasteiger charge is 2.33. The van der Waals surface area contributed by atoms with Crippen LogP contribution in [0.25, 0.3) is 0 Å². The summed E-state index contributed by atoms with van der Waals surface area (Å²) < 4.78 is 33.0. The summed E-state index contributed by atoms with van der Waals surface area (Å²) in [5.41, 5.74) is 1.92. The molecule has 0 aromatic heterocycles. The predicted octanol–water partition coefficient (Wildman–Crippen LogP) is 6.45. The molecule has 2 amide bonds. The van der Waals surface area contributed by atoms with E-state index in [4.69, 9.17) is 16.3 Å². The Kier molecular flexibility index (Phi) is 12.0. The highest BCUT2D eigenvalue weighted by Crippen LogP contribution is 2.26. The van der Waals surface area contributed by atoms with E-state index in [0.717, 1.165) is 34.5 Å². The van der Waals surface area contributed by atoms with E-state index >= 15 is 0 Å². The van der Waals surface area contributed by atoms with E-state index in [2.05, 4.69) is 5.32 Å². The number of anilines is 1. The van der Waals surface area contributed by atoms with Crippen molar-refractivity contribution in [3.8, 4) is 11.5 Å². The molecule has 1 atom stereocenters. The van der Waals surface area contributed by atoms with Gasteiger partial charge in [-0.1, -0.05) is 85.6 Å². The normalized spacial score (nSPS) is 11.8. The first kappa shape index (κ1) is 33.6. The van der Waals surface area contributed by atoms with Crippen molar-refractivity contribution in [2.45, 2.75) is 38.8 Å². The number of hydrogen-bond acceptors (Lipinski definition) is 5. The molecule has 0 saturated heterocycles. The lowest BCUT2D eigenvalue weighted by Gasteiger charge is -2.33. The number of carbonyl (C=O) groups excluding carboxylic acids is 2. The average Bonchev–Trinajstić information content (AvgIpc) is 3.03. The zero-order chi connectivity index (χ0) is 32.2. The van der Waals surface area contributed by atoms with Crippen LogP contribution < -0.4 is 14.4 Å². The first-order valence-corrected chi connectivity index (χ1v) is 17.0. The van der Waals surface area contributed by atoms with Gasteiger partial charge in [0, 0.05) is 24.5 Å². The van der Waals surface area contributed by atoms with Crippen molar-refractivity contribution in [3.63, 3.8) is 0 Å². The van der Waals surface area contributed by atoms with Crippen LogP contribution in [0.1, 0.15) is 30.9 Å². The zero-order valence-corrected chi connectivity index (χ0v) is 27.0. The molecule has 236 valence electrons. The highest BCUT2D eigenvalue weighted by atomic mass is 35.5. The van der Waals surface area contributed by atoms with Gasteiger partial charge in [-0.15, -0.1) is 0 Å². The van der Waals surface area contributed by atoms with E-state index in [1.807, 2.05) is 67.6 Å². The maximum absolute atomic E-state index is 14.2. The summed E-state index contributed by atoms with van der Waals surface area (Å²) >= 11 is 6.12. The van der Waals surface area contributed by atoms with E-state index in [-0.39, 0.29) is 18.9 Å². The third-order valence-corrected chi connectivity index (χ3v) is 8.54. The monoisotopic (exact) mass is 647 g/mol. The summed E-state index contributed by atoms with van der Waals surface area (Å²) in [6.07, 6.45) is 3.00. The second-order valence-corrected chi connectivity index (χ2v) is 13.0. The molecule has 1 N–H and O–H groups in total. The molecular weight excluding hydrogens is 610 g/mol. The summed E-state index contributed by atoms with van der Waals surface area (Å²) in [5, 5.41) is 3.52. The van der Waals surface area contributed by atoms with Gasteiger partial charge in [-0.3, -0.25) is 13.9 Å². The lowest BCUT2D eigenvalue weighted by molar-refractivity contribution is -0.140. The Balaban J connectivity index is 1.66. The van der Waals surface area contributed by atoms with Gasteiger partial charge < -0.3 is 15.0 Å². The average molecular weight is 648 g/mol. The molecule has 0 saturated carbocycles. The fraction of sp³-hybridized carbons (Fsp3) is 0.257. The van der Waals surface area contributed by atoms with Crippen LogP contribution in [-0.4, -0.2) is 50.5 Å². The molecule has 0 bridgehead atoms. The number of para-hydroxylation sites is 1. The molecule has 45 heavy (non-hydrogen) atoms. The van der Waals surface area contributed by atoms with Gasteiger partial charge in [0.2, 0.25) is 21.8 Å². The number of rotatable bonds is 15. The van der Waals surface area contributed by atoms with Crippen molar-refractivity contribution in [1.82, 2.24) is 10.2 Å². The van der Waals surface area contributed by atoms with Crippen LogP contribution in [0.3, 0.4) is 0 Å². The van der Waals surface area contributed by atoms with Crippen molar-refractivity contribution in [3.05, 3.63) is 125 Å². The number of sulfonamides is 1. The van der Waals surface area contributed by atoms with Crippen LogP contribution in [-0.2, 0) is 32.6 Å². The van der Waals surface area contributed by atoms with Crippen LogP contribution in [0.2, 0.25) is 5.02 Å². The van der Waals surface area contributed by atoms with E-state index in [1.54, 1.807) is 48.5 Å². The van der Waals surface area contributed by atoms with Crippen molar-refractivity contribution in [1.29, 1.82) is 0 Å². The van der Waals surface area contributed by atoms with Crippen LogP contribution in [0.5, 0.6) is 11.5 Å². The lowest BCUT2D eigenvalue weighted by atomic mass is 10.0. The zero-order valence-electron chi connectivity index (χ0n) is 25.4. The number of unbranched alkanes of at least 4 members (excludes halogenated alkanes) is 1. The van der Waals surface area contributed by atoms with Gasteiger partial charge in [-0.05, 0) is 66.1 Å². The van der Waals surface area contributed by atoms with Crippen molar-refractivity contribution >= 4 is 39.1 Å². The minimum absolute atomic E-state index is 0.0795. The first-order chi connectivity index (χ1) is 21.6. The molecule has 10 heteroatoms. The molecule has 4 aromatic rings. The maximum Gasteiger partial charge on any atom is 0.244 e. The third-order valence-electron chi connectivity index (χ3n) is 7.15. The fourth-order valence-electron chi connectivity index (χ4n) is 4.77. The number of halogens is 1. The minimum Gasteiger partial charge on any atom is -0.457 e. The first-order valence-electron chi connectivity index (χ1n) is 14.8. The number of carbonyl (C=O) groups is 2. The van der Waals surface area contributed by atoms with Crippen LogP contribution in [0.4, 0.5) is 5.69 Å². The van der Waals surface area contributed by atoms with E-state index in [9.17, 15) is 18.0 Å². The fourth-order valence-corrected chi connectivity index (χ4v) is 5.74. The molecular formula is C35H38ClN3O5S. The summed E-state index contributed by atoms with van der Waals surface area (Å²) in [4.78, 5) is 29.4. The summed E-state index contributed by atoms with van der Waals surface area (Å²) in [7, 11) is -3.89. The van der Waals surface area contributed by atoms with Crippen LogP contribution >= 0.6 is 11.6 Å². The number of amides is 2. The van der Waals surface area contributed by atoms with Crippen LogP contribution in [0, 0.1) is 0 Å². The molecule has 0 heterocycles. The van der Waals surface area contributed by atoms with Gasteiger partial charge in [0.05, 0.1) is 11.9 Å². The van der Waals surface area contributed by atoms with Gasteiger partial charge in [-0.25, -0.2) is 8.42 Å². The smallest absolute Gasteiger partial charge is 0.244 e. The molecule has 0 aliphatic heterocycles. The Morgan fingerprint density at radius 2 is 1.42 bits per heavy atom. The second-order valence-electron chi connectivity index (χ2n) is 10.7. The molecule has 0 spiro atoms. The maximum atomic E-state index is 14.2. The molecule has 8 nitrogen and oxygen atoms in total. The predicted molar refractivity (Wildman–Crippen MR) is 179 cm³/mol. The number of benzene rings is 4. The standard InChI is InChI=1S/C35H38ClN3O5S/c1-3-4-23-37-35(41)33(24-27-11-7-5-8-12-27)38(25-28-15-17-29(36)18-16-28)34(40)26-39(45(2,42)43)30-19-21-32(22-20-30)44-31-13-9-6-10-14-31/h5-22,33H,3-4,23-26H2,1-2H3,(H,37,41). The van der Waals surface area contributed by atoms with Crippen molar-refractivity contribution in [2.75, 3.05) is 23.7 Å². The van der Waals surface area contributed by atoms with E-state index < -0.39 is 28.5 Å². The Labute approximate surface area is 270 Å². The van der Waals surface area contributed by atoms with E-state index in [0.29, 0.717) is 28.8 Å². The molecule has 0 fully saturated rings. The summed E-state index contributed by atoms with van der Waals surface area (Å²) in [6.45, 7) is 2.08.